The first kappa shape index (κ1) is 36.1. The SMILES string of the molecule is CNC(=O)c1c(-c2ccc(F)cc2)oc2cc(NS(=O)(=O)CCC(CCB3OC(C)(C)C(C)(C)O3)COCc3ccccc3)c(C3CC3)cc12. The predicted molar refractivity (Wildman–Crippen MR) is 194 cm³/mol. The van der Waals surface area contributed by atoms with Gasteiger partial charge < -0.3 is 23.8 Å². The first-order valence-corrected chi connectivity index (χ1v) is 19.0. The van der Waals surface area contributed by atoms with Crippen LogP contribution < -0.4 is 10.0 Å². The molecule has 2 fully saturated rings. The van der Waals surface area contributed by atoms with E-state index >= 15 is 0 Å². The van der Waals surface area contributed by atoms with Crippen LogP contribution in [0.25, 0.3) is 22.3 Å². The number of amides is 1. The van der Waals surface area contributed by atoms with Crippen molar-refractivity contribution in [2.75, 3.05) is 24.1 Å². The number of hydrogen-bond acceptors (Lipinski definition) is 7. The van der Waals surface area contributed by atoms with Crippen LogP contribution in [0.1, 0.15) is 80.8 Å². The van der Waals surface area contributed by atoms with Crippen LogP contribution >= 0.6 is 0 Å². The second kappa shape index (κ2) is 14.5. The number of nitrogens with one attached hydrogen (secondary N) is 2. The molecule has 2 N–H and O–H groups in total. The fourth-order valence-corrected chi connectivity index (χ4v) is 7.62. The van der Waals surface area contributed by atoms with Gasteiger partial charge in [-0.3, -0.25) is 9.52 Å². The molecule has 2 aliphatic rings. The highest BCUT2D eigenvalue weighted by molar-refractivity contribution is 7.92. The molecule has 0 bridgehead atoms. The zero-order valence-corrected chi connectivity index (χ0v) is 30.2. The quantitative estimate of drug-likeness (QED) is 0.121. The Balaban J connectivity index is 1.20. The summed E-state index contributed by atoms with van der Waals surface area (Å²) in [7, 11) is -2.64. The molecule has 1 saturated heterocycles. The van der Waals surface area contributed by atoms with E-state index < -0.39 is 27.0 Å². The van der Waals surface area contributed by atoms with Gasteiger partial charge in [0.2, 0.25) is 10.0 Å². The van der Waals surface area contributed by atoms with E-state index in [1.807, 2.05) is 64.1 Å². The van der Waals surface area contributed by atoms with Gasteiger partial charge in [-0.15, -0.1) is 0 Å². The van der Waals surface area contributed by atoms with E-state index in [4.69, 9.17) is 18.5 Å². The fourth-order valence-electron chi connectivity index (χ4n) is 6.36. The summed E-state index contributed by atoms with van der Waals surface area (Å²) in [5.74, 6) is -0.464. The number of carbonyl (C=O) groups excluding carboxylic acids is 1. The van der Waals surface area contributed by atoms with Crippen LogP contribution in [0.2, 0.25) is 6.32 Å². The third-order valence-corrected chi connectivity index (χ3v) is 11.4. The minimum Gasteiger partial charge on any atom is -0.455 e. The highest BCUT2D eigenvalue weighted by Crippen LogP contribution is 2.47. The Morgan fingerprint density at radius 3 is 2.32 bits per heavy atom. The van der Waals surface area contributed by atoms with Crippen LogP contribution in [-0.2, 0) is 30.7 Å². The van der Waals surface area contributed by atoms with Gasteiger partial charge in [-0.2, -0.15) is 0 Å². The van der Waals surface area contributed by atoms with Crippen molar-refractivity contribution in [3.8, 4) is 11.3 Å². The van der Waals surface area contributed by atoms with E-state index in [-0.39, 0.29) is 30.6 Å². The Labute approximate surface area is 294 Å². The number of sulfonamides is 1. The number of fused-ring (bicyclic) bond motifs is 1. The molecule has 1 aliphatic heterocycles. The summed E-state index contributed by atoms with van der Waals surface area (Å²) in [4.78, 5) is 13.1. The number of carbonyl (C=O) groups is 1. The number of benzene rings is 3. The first-order chi connectivity index (χ1) is 23.7. The molecule has 1 aromatic heterocycles. The summed E-state index contributed by atoms with van der Waals surface area (Å²) in [6.45, 7) is 8.90. The molecule has 12 heteroatoms. The van der Waals surface area contributed by atoms with Crippen molar-refractivity contribution in [3.05, 3.63) is 89.2 Å². The summed E-state index contributed by atoms with van der Waals surface area (Å²) in [6, 6.07) is 19.1. The summed E-state index contributed by atoms with van der Waals surface area (Å²) in [5, 5.41) is 3.25. The molecule has 1 unspecified atom stereocenters. The highest BCUT2D eigenvalue weighted by Gasteiger charge is 2.50. The van der Waals surface area contributed by atoms with Crippen LogP contribution in [0, 0.1) is 11.7 Å². The van der Waals surface area contributed by atoms with E-state index in [1.54, 1.807) is 18.2 Å². The molecule has 1 amide bonds. The van der Waals surface area contributed by atoms with E-state index in [2.05, 4.69) is 10.0 Å². The Hall–Kier alpha value is -3.71. The van der Waals surface area contributed by atoms with Crippen LogP contribution in [0.4, 0.5) is 10.1 Å². The van der Waals surface area contributed by atoms with E-state index in [1.165, 1.54) is 19.2 Å². The van der Waals surface area contributed by atoms with Crippen molar-refractivity contribution in [2.24, 2.45) is 5.92 Å². The number of hydrogen-bond donors (Lipinski definition) is 2. The second-order valence-corrected chi connectivity index (χ2v) is 16.3. The Kier molecular flexibility index (Phi) is 10.5. The molecule has 1 aliphatic carbocycles. The van der Waals surface area contributed by atoms with Gasteiger partial charge in [0, 0.05) is 30.7 Å². The number of furan rings is 1. The summed E-state index contributed by atoms with van der Waals surface area (Å²) in [5.41, 5.74) is 2.65. The predicted octanol–water partition coefficient (Wildman–Crippen LogP) is 7.92. The number of ether oxygens (including phenoxy) is 1. The van der Waals surface area contributed by atoms with Crippen LogP contribution in [-0.4, -0.2) is 52.1 Å². The van der Waals surface area contributed by atoms with Crippen molar-refractivity contribution >= 4 is 39.7 Å². The van der Waals surface area contributed by atoms with Gasteiger partial charge in [0.05, 0.1) is 34.8 Å². The molecule has 2 heterocycles. The zero-order chi connectivity index (χ0) is 35.7. The molecule has 3 aromatic carbocycles. The second-order valence-electron chi connectivity index (χ2n) is 14.4. The average Bonchev–Trinajstić information content (AvgIpc) is 3.81. The molecular weight excluding hydrogens is 658 g/mol. The third kappa shape index (κ3) is 8.25. The summed E-state index contributed by atoms with van der Waals surface area (Å²) in [6.07, 6.45) is 3.49. The Morgan fingerprint density at radius 1 is 1.00 bits per heavy atom. The Morgan fingerprint density at radius 2 is 1.68 bits per heavy atom. The van der Waals surface area contributed by atoms with Crippen molar-refractivity contribution < 1.29 is 36.1 Å². The zero-order valence-electron chi connectivity index (χ0n) is 29.4. The first-order valence-electron chi connectivity index (χ1n) is 17.3. The molecule has 0 spiro atoms. The molecule has 266 valence electrons. The topological polar surface area (TPSA) is 116 Å². The minimum absolute atomic E-state index is 0.0573. The average molecular weight is 705 g/mol. The fraction of sp³-hybridized carbons (Fsp3) is 0.447. The van der Waals surface area contributed by atoms with E-state index in [0.29, 0.717) is 65.9 Å². The van der Waals surface area contributed by atoms with Gasteiger partial charge >= 0.3 is 7.12 Å². The largest absolute Gasteiger partial charge is 0.457 e. The maximum Gasteiger partial charge on any atom is 0.457 e. The van der Waals surface area contributed by atoms with Crippen molar-refractivity contribution in [1.82, 2.24) is 5.32 Å². The number of halogens is 1. The summed E-state index contributed by atoms with van der Waals surface area (Å²) < 4.78 is 68.7. The minimum atomic E-state index is -3.79. The van der Waals surface area contributed by atoms with E-state index in [9.17, 15) is 17.6 Å². The molecule has 1 atom stereocenters. The van der Waals surface area contributed by atoms with Crippen molar-refractivity contribution in [3.63, 3.8) is 0 Å². The Bertz CT molecular complexity index is 1910. The number of anilines is 1. The van der Waals surface area contributed by atoms with Crippen LogP contribution in [0.3, 0.4) is 0 Å². The smallest absolute Gasteiger partial charge is 0.455 e. The molecule has 6 rings (SSSR count). The monoisotopic (exact) mass is 704 g/mol. The van der Waals surface area contributed by atoms with Gasteiger partial charge in [0.1, 0.15) is 17.2 Å². The van der Waals surface area contributed by atoms with Gasteiger partial charge in [0.25, 0.3) is 5.91 Å². The lowest BCUT2D eigenvalue weighted by Crippen LogP contribution is -2.41. The molecule has 0 radical (unpaired) electrons. The van der Waals surface area contributed by atoms with Gasteiger partial charge in [0.15, 0.2) is 0 Å². The summed E-state index contributed by atoms with van der Waals surface area (Å²) >= 11 is 0. The van der Waals surface area contributed by atoms with Gasteiger partial charge in [-0.1, -0.05) is 30.3 Å². The van der Waals surface area contributed by atoms with Gasteiger partial charge in [-0.25, -0.2) is 12.8 Å². The molecule has 50 heavy (non-hydrogen) atoms. The standard InChI is InChI=1S/C38H46BFN2O7S/c1-37(2)38(3,4)49-39(48-37)19-17-26(24-46-23-25-9-7-6-8-10-25)18-20-50(44,45)42-32-22-33-31(21-30(32)27-11-12-27)34(36(43)41-5)35(47-33)28-13-15-29(40)16-14-28/h6-10,13-16,21-22,26-27,42H,11-12,17-20,23-24H2,1-5H3,(H,41,43). The van der Waals surface area contributed by atoms with E-state index in [0.717, 1.165) is 24.0 Å². The van der Waals surface area contributed by atoms with Crippen molar-refractivity contribution in [1.29, 1.82) is 0 Å². The van der Waals surface area contributed by atoms with Gasteiger partial charge in [-0.05, 0) is 113 Å². The lowest BCUT2D eigenvalue weighted by molar-refractivity contribution is 0.00578. The highest BCUT2D eigenvalue weighted by atomic mass is 32.2. The number of rotatable bonds is 15. The molecule has 1 saturated carbocycles. The van der Waals surface area contributed by atoms with Crippen molar-refractivity contribution in [2.45, 2.75) is 83.4 Å². The molecule has 9 nitrogen and oxygen atoms in total. The lowest BCUT2D eigenvalue weighted by Gasteiger charge is -2.32. The third-order valence-electron chi connectivity index (χ3n) is 10.1. The molecular formula is C38H46BFN2O7S. The maximum atomic E-state index is 13.7. The normalized spacial score (nSPS) is 17.6. The molecule has 4 aromatic rings. The maximum absolute atomic E-state index is 13.7. The van der Waals surface area contributed by atoms with Crippen LogP contribution in [0.15, 0.2) is 71.1 Å². The lowest BCUT2D eigenvalue weighted by atomic mass is 9.79. The van der Waals surface area contributed by atoms with Crippen LogP contribution in [0.5, 0.6) is 0 Å².